The molecule has 0 spiro atoms. The molecular formula is C8H11Br. The molecule has 0 amide bonds. The summed E-state index contributed by atoms with van der Waals surface area (Å²) in [6.07, 6.45) is 5.93. The predicted octanol–water partition coefficient (Wildman–Crippen LogP) is 3.42. The second-order valence-corrected chi connectivity index (χ2v) is 2.79. The van der Waals surface area contributed by atoms with Crippen LogP contribution in [0.1, 0.15) is 13.8 Å². The number of rotatable bonds is 2. The van der Waals surface area contributed by atoms with E-state index in [9.17, 15) is 0 Å². The van der Waals surface area contributed by atoms with E-state index >= 15 is 0 Å². The molecule has 0 aromatic heterocycles. The van der Waals surface area contributed by atoms with Crippen molar-refractivity contribution in [3.63, 3.8) is 0 Å². The predicted molar refractivity (Wildman–Crippen MR) is 46.6 cm³/mol. The van der Waals surface area contributed by atoms with Crippen LogP contribution in [0.15, 0.2) is 34.9 Å². The van der Waals surface area contributed by atoms with Gasteiger partial charge in [0.2, 0.25) is 0 Å². The standard InChI is InChI=1S/C8H11Br/c1-4-5-8(9)6-7(2)3/h4-6H,2H2,1,3H3. The van der Waals surface area contributed by atoms with Gasteiger partial charge in [0.15, 0.2) is 0 Å². The minimum atomic E-state index is 1.06. The van der Waals surface area contributed by atoms with E-state index in [-0.39, 0.29) is 0 Å². The fraction of sp³-hybridized carbons (Fsp3) is 0.250. The van der Waals surface area contributed by atoms with Crippen molar-refractivity contribution >= 4 is 15.9 Å². The van der Waals surface area contributed by atoms with Gasteiger partial charge >= 0.3 is 0 Å². The van der Waals surface area contributed by atoms with Crippen LogP contribution >= 0.6 is 15.9 Å². The smallest absolute Gasteiger partial charge is 0.0174 e. The molecule has 0 aliphatic carbocycles. The van der Waals surface area contributed by atoms with Crippen molar-refractivity contribution in [1.29, 1.82) is 0 Å². The van der Waals surface area contributed by atoms with Crippen molar-refractivity contribution in [3.05, 3.63) is 34.9 Å². The van der Waals surface area contributed by atoms with Crippen LogP contribution in [-0.4, -0.2) is 0 Å². The number of hydrogen-bond acceptors (Lipinski definition) is 0. The second-order valence-electron chi connectivity index (χ2n) is 1.88. The number of halogens is 1. The molecule has 0 aromatic rings. The summed E-state index contributed by atoms with van der Waals surface area (Å²) in [4.78, 5) is 0. The first-order valence-corrected chi connectivity index (χ1v) is 3.61. The van der Waals surface area contributed by atoms with Gasteiger partial charge in [-0.2, -0.15) is 0 Å². The maximum atomic E-state index is 3.74. The molecule has 0 aliphatic rings. The molecule has 0 fully saturated rings. The first-order chi connectivity index (χ1) is 4.16. The van der Waals surface area contributed by atoms with E-state index in [1.807, 2.05) is 32.1 Å². The molecule has 0 heterocycles. The molecule has 9 heavy (non-hydrogen) atoms. The Morgan fingerprint density at radius 3 is 2.44 bits per heavy atom. The molecule has 50 valence electrons. The van der Waals surface area contributed by atoms with Gasteiger partial charge in [0.1, 0.15) is 0 Å². The Balaban J connectivity index is 4.00. The van der Waals surface area contributed by atoms with E-state index in [0.29, 0.717) is 0 Å². The summed E-state index contributed by atoms with van der Waals surface area (Å²) in [5.41, 5.74) is 1.06. The number of allylic oxidation sites excluding steroid dienone is 5. The van der Waals surface area contributed by atoms with Crippen molar-refractivity contribution in [3.8, 4) is 0 Å². The van der Waals surface area contributed by atoms with Crippen LogP contribution in [-0.2, 0) is 0 Å². The van der Waals surface area contributed by atoms with Crippen LogP contribution in [0, 0.1) is 0 Å². The minimum Gasteiger partial charge on any atom is -0.0961 e. The van der Waals surface area contributed by atoms with Gasteiger partial charge in [0, 0.05) is 4.48 Å². The molecular weight excluding hydrogens is 176 g/mol. The molecule has 0 aromatic carbocycles. The van der Waals surface area contributed by atoms with E-state index in [4.69, 9.17) is 0 Å². The molecule has 0 bridgehead atoms. The van der Waals surface area contributed by atoms with Crippen molar-refractivity contribution in [2.45, 2.75) is 13.8 Å². The molecule has 0 aliphatic heterocycles. The van der Waals surface area contributed by atoms with Crippen molar-refractivity contribution in [1.82, 2.24) is 0 Å². The quantitative estimate of drug-likeness (QED) is 0.581. The highest BCUT2D eigenvalue weighted by Crippen LogP contribution is 2.08. The summed E-state index contributed by atoms with van der Waals surface area (Å²) < 4.78 is 1.07. The van der Waals surface area contributed by atoms with E-state index in [0.717, 1.165) is 10.1 Å². The molecule has 0 rings (SSSR count). The highest BCUT2D eigenvalue weighted by Gasteiger charge is 1.80. The number of hydrogen-bond donors (Lipinski definition) is 0. The zero-order valence-electron chi connectivity index (χ0n) is 5.82. The van der Waals surface area contributed by atoms with E-state index in [2.05, 4.69) is 22.5 Å². The molecule has 0 saturated carbocycles. The van der Waals surface area contributed by atoms with Gasteiger partial charge in [0.05, 0.1) is 0 Å². The van der Waals surface area contributed by atoms with E-state index < -0.39 is 0 Å². The largest absolute Gasteiger partial charge is 0.0961 e. The third kappa shape index (κ3) is 5.57. The molecule has 0 radical (unpaired) electrons. The van der Waals surface area contributed by atoms with Gasteiger partial charge in [0.25, 0.3) is 0 Å². The fourth-order valence-electron chi connectivity index (χ4n) is 0.443. The third-order valence-corrected chi connectivity index (χ3v) is 1.20. The van der Waals surface area contributed by atoms with Gasteiger partial charge in [-0.3, -0.25) is 0 Å². The lowest BCUT2D eigenvalue weighted by molar-refractivity contribution is 1.55. The Labute approximate surface area is 65.1 Å². The third-order valence-electron chi connectivity index (χ3n) is 0.710. The molecule has 0 N–H and O–H groups in total. The second kappa shape index (κ2) is 4.57. The van der Waals surface area contributed by atoms with Gasteiger partial charge in [-0.15, -0.1) is 0 Å². The topological polar surface area (TPSA) is 0 Å². The van der Waals surface area contributed by atoms with Crippen LogP contribution in [0.4, 0.5) is 0 Å². The first-order valence-electron chi connectivity index (χ1n) is 2.82. The maximum absolute atomic E-state index is 3.74. The van der Waals surface area contributed by atoms with E-state index in [1.54, 1.807) is 0 Å². The molecule has 0 unspecified atom stereocenters. The molecule has 0 saturated heterocycles. The van der Waals surface area contributed by atoms with Crippen LogP contribution in [0.25, 0.3) is 0 Å². The van der Waals surface area contributed by atoms with Gasteiger partial charge in [-0.05, 0) is 19.9 Å². The normalized spacial score (nSPS) is 12.6. The van der Waals surface area contributed by atoms with Gasteiger partial charge in [-0.25, -0.2) is 0 Å². The Morgan fingerprint density at radius 1 is 1.56 bits per heavy atom. The Morgan fingerprint density at radius 2 is 2.11 bits per heavy atom. The Bertz CT molecular complexity index is 152. The average molecular weight is 187 g/mol. The zero-order valence-corrected chi connectivity index (χ0v) is 7.40. The summed E-state index contributed by atoms with van der Waals surface area (Å²) in [6, 6.07) is 0. The van der Waals surface area contributed by atoms with Crippen LogP contribution in [0.5, 0.6) is 0 Å². The Kier molecular flexibility index (Phi) is 4.41. The first kappa shape index (κ1) is 8.70. The lowest BCUT2D eigenvalue weighted by atomic mass is 10.3. The van der Waals surface area contributed by atoms with Crippen LogP contribution < -0.4 is 0 Å². The summed E-state index contributed by atoms with van der Waals surface area (Å²) in [7, 11) is 0. The summed E-state index contributed by atoms with van der Waals surface area (Å²) in [5, 5.41) is 0. The molecule has 0 nitrogen and oxygen atoms in total. The fourth-order valence-corrected chi connectivity index (χ4v) is 1.10. The summed E-state index contributed by atoms with van der Waals surface area (Å²) in [5.74, 6) is 0. The highest BCUT2D eigenvalue weighted by atomic mass is 79.9. The molecule has 1 heteroatoms. The van der Waals surface area contributed by atoms with Crippen molar-refractivity contribution in [2.24, 2.45) is 0 Å². The summed E-state index contributed by atoms with van der Waals surface area (Å²) in [6.45, 7) is 7.68. The maximum Gasteiger partial charge on any atom is 0.0174 e. The lowest BCUT2D eigenvalue weighted by Gasteiger charge is -1.87. The van der Waals surface area contributed by atoms with Crippen LogP contribution in [0.3, 0.4) is 0 Å². The molecule has 0 atom stereocenters. The minimum absolute atomic E-state index is 1.06. The average Bonchev–Trinajstić information content (AvgIpc) is 1.63. The van der Waals surface area contributed by atoms with Gasteiger partial charge in [-0.1, -0.05) is 40.2 Å². The lowest BCUT2D eigenvalue weighted by Crippen LogP contribution is -1.64. The van der Waals surface area contributed by atoms with Crippen molar-refractivity contribution < 1.29 is 0 Å². The summed E-state index contributed by atoms with van der Waals surface area (Å²) >= 11 is 3.35. The Hall–Kier alpha value is -0.300. The van der Waals surface area contributed by atoms with Crippen molar-refractivity contribution in [2.75, 3.05) is 0 Å². The van der Waals surface area contributed by atoms with Gasteiger partial charge < -0.3 is 0 Å². The SMILES string of the molecule is C=C(C)C=C(Br)C=CC. The van der Waals surface area contributed by atoms with Crippen LogP contribution in [0.2, 0.25) is 0 Å². The monoisotopic (exact) mass is 186 g/mol. The highest BCUT2D eigenvalue weighted by molar-refractivity contribution is 9.11. The zero-order chi connectivity index (χ0) is 7.28. The van der Waals surface area contributed by atoms with E-state index in [1.165, 1.54) is 0 Å².